The third-order valence-corrected chi connectivity index (χ3v) is 1.31. The Bertz CT molecular complexity index is 157. The quantitative estimate of drug-likeness (QED) is 0.480. The second-order valence-electron chi connectivity index (χ2n) is 2.19. The van der Waals surface area contributed by atoms with Gasteiger partial charge in [0.2, 0.25) is 0 Å². The zero-order valence-corrected chi connectivity index (χ0v) is 7.55. The Hall–Kier alpha value is -0.710. The van der Waals surface area contributed by atoms with E-state index in [-0.39, 0.29) is 25.4 Å². The Kier molecular flexibility index (Phi) is 6.55. The van der Waals surface area contributed by atoms with E-state index in [1.807, 2.05) is 0 Å². The molecule has 0 aromatic rings. The number of ether oxygens (including phenoxy) is 1. The summed E-state index contributed by atoms with van der Waals surface area (Å²) in [5, 5.41) is 8.24. The van der Waals surface area contributed by atoms with Gasteiger partial charge in [0.25, 0.3) is 0 Å². The van der Waals surface area contributed by atoms with E-state index in [0.29, 0.717) is 12.2 Å². The Balaban J connectivity index is 3.25. The summed E-state index contributed by atoms with van der Waals surface area (Å²) >= 11 is 3.85. The normalized spacial score (nSPS) is 9.42. The molecule has 0 rings (SSSR count). The van der Waals surface area contributed by atoms with Crippen LogP contribution in [0.5, 0.6) is 0 Å². The number of rotatable bonds is 6. The lowest BCUT2D eigenvalue weighted by Crippen LogP contribution is -2.07. The number of carbonyl (C=O) groups is 2. The second-order valence-corrected chi connectivity index (χ2v) is 2.64. The Morgan fingerprint density at radius 3 is 2.50 bits per heavy atom. The highest BCUT2D eigenvalue weighted by Crippen LogP contribution is 1.97. The SMILES string of the molecule is O=C(O)CCCC(=O)OCCS. The van der Waals surface area contributed by atoms with Gasteiger partial charge in [0, 0.05) is 18.6 Å². The van der Waals surface area contributed by atoms with E-state index in [1.54, 1.807) is 0 Å². The van der Waals surface area contributed by atoms with Crippen molar-refractivity contribution in [2.75, 3.05) is 12.4 Å². The van der Waals surface area contributed by atoms with Crippen LogP contribution in [0, 0.1) is 0 Å². The van der Waals surface area contributed by atoms with Crippen LogP contribution in [0.1, 0.15) is 19.3 Å². The lowest BCUT2D eigenvalue weighted by molar-refractivity contribution is -0.143. The molecule has 1 N–H and O–H groups in total. The van der Waals surface area contributed by atoms with E-state index in [1.165, 1.54) is 0 Å². The van der Waals surface area contributed by atoms with Crippen LogP contribution < -0.4 is 0 Å². The molecule has 0 amide bonds. The lowest BCUT2D eigenvalue weighted by atomic mass is 10.2. The highest BCUT2D eigenvalue weighted by Gasteiger charge is 2.03. The number of esters is 1. The van der Waals surface area contributed by atoms with E-state index in [9.17, 15) is 9.59 Å². The van der Waals surface area contributed by atoms with Crippen molar-refractivity contribution in [2.45, 2.75) is 19.3 Å². The van der Waals surface area contributed by atoms with Gasteiger partial charge in [-0.25, -0.2) is 0 Å². The van der Waals surface area contributed by atoms with Gasteiger partial charge in [-0.3, -0.25) is 9.59 Å². The van der Waals surface area contributed by atoms with Gasteiger partial charge in [-0.1, -0.05) is 0 Å². The van der Waals surface area contributed by atoms with Crippen molar-refractivity contribution in [3.63, 3.8) is 0 Å². The molecule has 0 saturated carbocycles. The predicted molar refractivity (Wildman–Crippen MR) is 46.3 cm³/mol. The maximum Gasteiger partial charge on any atom is 0.305 e. The molecular formula is C7H12O4S. The number of thiol groups is 1. The smallest absolute Gasteiger partial charge is 0.305 e. The van der Waals surface area contributed by atoms with Gasteiger partial charge < -0.3 is 9.84 Å². The molecule has 0 spiro atoms. The van der Waals surface area contributed by atoms with Crippen molar-refractivity contribution in [3.05, 3.63) is 0 Å². The largest absolute Gasteiger partial charge is 0.481 e. The van der Waals surface area contributed by atoms with Crippen molar-refractivity contribution >= 4 is 24.6 Å². The van der Waals surface area contributed by atoms with Crippen molar-refractivity contribution in [1.29, 1.82) is 0 Å². The Morgan fingerprint density at radius 2 is 2.00 bits per heavy atom. The van der Waals surface area contributed by atoms with E-state index < -0.39 is 5.97 Å². The minimum atomic E-state index is -0.892. The van der Waals surface area contributed by atoms with Crippen LogP contribution in [0.3, 0.4) is 0 Å². The second kappa shape index (κ2) is 6.97. The molecule has 0 unspecified atom stereocenters. The average Bonchev–Trinajstić information content (AvgIpc) is 2.00. The number of carboxylic acid groups (broad SMARTS) is 1. The molecule has 0 bridgehead atoms. The summed E-state index contributed by atoms with van der Waals surface area (Å²) < 4.78 is 4.66. The van der Waals surface area contributed by atoms with Crippen LogP contribution in [-0.4, -0.2) is 29.4 Å². The predicted octanol–water partition coefficient (Wildman–Crippen LogP) is 0.714. The van der Waals surface area contributed by atoms with Crippen molar-refractivity contribution in [1.82, 2.24) is 0 Å². The Morgan fingerprint density at radius 1 is 1.33 bits per heavy atom. The molecule has 0 aliphatic carbocycles. The molecular weight excluding hydrogens is 180 g/mol. The summed E-state index contributed by atoms with van der Waals surface area (Å²) in [6.07, 6.45) is 0.511. The van der Waals surface area contributed by atoms with Gasteiger partial charge in [0.05, 0.1) is 0 Å². The topological polar surface area (TPSA) is 63.6 Å². The average molecular weight is 192 g/mol. The fraction of sp³-hybridized carbons (Fsp3) is 0.714. The highest BCUT2D eigenvalue weighted by atomic mass is 32.1. The van der Waals surface area contributed by atoms with Gasteiger partial charge in [-0.2, -0.15) is 12.6 Å². The molecule has 5 heteroatoms. The van der Waals surface area contributed by atoms with Crippen molar-refractivity contribution in [2.24, 2.45) is 0 Å². The maximum atomic E-state index is 10.7. The van der Waals surface area contributed by atoms with Gasteiger partial charge in [-0.15, -0.1) is 0 Å². The number of hydrogen-bond acceptors (Lipinski definition) is 4. The standard InChI is InChI=1S/C7H12O4S/c8-6(9)2-1-3-7(10)11-4-5-12/h12H,1-5H2,(H,8,9). The molecule has 0 aliphatic rings. The maximum absolute atomic E-state index is 10.7. The summed E-state index contributed by atoms with van der Waals surface area (Å²) in [6.45, 7) is 0.287. The first kappa shape index (κ1) is 11.3. The van der Waals surface area contributed by atoms with Gasteiger partial charge >= 0.3 is 11.9 Å². The fourth-order valence-corrected chi connectivity index (χ4v) is 0.707. The number of aliphatic carboxylic acids is 1. The van der Waals surface area contributed by atoms with Gasteiger partial charge in [0.1, 0.15) is 6.61 Å². The monoisotopic (exact) mass is 192 g/mol. The third kappa shape index (κ3) is 7.40. The summed E-state index contributed by atoms with van der Waals surface area (Å²) in [6, 6.07) is 0. The molecule has 0 atom stereocenters. The fourth-order valence-electron chi connectivity index (χ4n) is 0.616. The summed E-state index contributed by atoms with van der Waals surface area (Å²) in [5.41, 5.74) is 0. The minimum Gasteiger partial charge on any atom is -0.481 e. The molecule has 12 heavy (non-hydrogen) atoms. The van der Waals surface area contributed by atoms with Crippen LogP contribution in [0.4, 0.5) is 0 Å². The molecule has 4 nitrogen and oxygen atoms in total. The van der Waals surface area contributed by atoms with E-state index >= 15 is 0 Å². The first-order valence-electron chi connectivity index (χ1n) is 3.65. The van der Waals surface area contributed by atoms with E-state index in [0.717, 1.165) is 0 Å². The zero-order chi connectivity index (χ0) is 9.40. The van der Waals surface area contributed by atoms with Crippen LogP contribution in [0.25, 0.3) is 0 Å². The first-order valence-corrected chi connectivity index (χ1v) is 4.28. The van der Waals surface area contributed by atoms with Crippen LogP contribution in [0.2, 0.25) is 0 Å². The van der Waals surface area contributed by atoms with Crippen molar-refractivity contribution in [3.8, 4) is 0 Å². The molecule has 0 aliphatic heterocycles. The summed E-state index contributed by atoms with van der Waals surface area (Å²) in [4.78, 5) is 20.8. The third-order valence-electron chi connectivity index (χ3n) is 1.13. The first-order chi connectivity index (χ1) is 5.66. The van der Waals surface area contributed by atoms with Crippen LogP contribution in [-0.2, 0) is 14.3 Å². The number of hydrogen-bond donors (Lipinski definition) is 2. The van der Waals surface area contributed by atoms with E-state index in [4.69, 9.17) is 5.11 Å². The zero-order valence-electron chi connectivity index (χ0n) is 6.65. The number of carbonyl (C=O) groups excluding carboxylic acids is 1. The summed E-state index contributed by atoms with van der Waals surface area (Å²) in [7, 11) is 0. The minimum absolute atomic E-state index is 0.00990. The molecule has 0 heterocycles. The molecule has 0 saturated heterocycles. The van der Waals surface area contributed by atoms with Gasteiger partial charge in [0.15, 0.2) is 0 Å². The highest BCUT2D eigenvalue weighted by molar-refractivity contribution is 7.80. The van der Waals surface area contributed by atoms with Gasteiger partial charge in [-0.05, 0) is 6.42 Å². The van der Waals surface area contributed by atoms with Crippen LogP contribution in [0.15, 0.2) is 0 Å². The van der Waals surface area contributed by atoms with Crippen LogP contribution >= 0.6 is 12.6 Å². The Labute approximate surface area is 76.3 Å². The lowest BCUT2D eigenvalue weighted by Gasteiger charge is -2.00. The molecule has 0 fully saturated rings. The number of carboxylic acids is 1. The van der Waals surface area contributed by atoms with E-state index in [2.05, 4.69) is 17.4 Å². The summed E-state index contributed by atoms with van der Waals surface area (Å²) in [5.74, 6) is -0.757. The van der Waals surface area contributed by atoms with Crippen molar-refractivity contribution < 1.29 is 19.4 Å². The molecule has 0 radical (unpaired) electrons. The molecule has 70 valence electrons. The molecule has 0 aromatic carbocycles. The molecule has 0 aromatic heterocycles.